The van der Waals surface area contributed by atoms with Crippen LogP contribution in [0, 0.1) is 6.92 Å². The Morgan fingerprint density at radius 3 is 2.71 bits per heavy atom. The highest BCUT2D eigenvalue weighted by atomic mass is 16.5. The number of benzene rings is 1. The summed E-state index contributed by atoms with van der Waals surface area (Å²) >= 11 is 0. The van der Waals surface area contributed by atoms with Gasteiger partial charge in [-0.15, -0.1) is 0 Å². The summed E-state index contributed by atoms with van der Waals surface area (Å²) in [5, 5.41) is 5.48. The van der Waals surface area contributed by atoms with Gasteiger partial charge in [0.05, 0.1) is 6.04 Å². The van der Waals surface area contributed by atoms with Gasteiger partial charge < -0.3 is 21.1 Å². The molecule has 4 N–H and O–H groups in total. The van der Waals surface area contributed by atoms with Gasteiger partial charge in [-0.25, -0.2) is 0 Å². The Labute approximate surface area is 125 Å². The molecular formula is C15H23N3O3. The third kappa shape index (κ3) is 5.17. The highest BCUT2D eigenvalue weighted by molar-refractivity contribution is 5.99. The summed E-state index contributed by atoms with van der Waals surface area (Å²) in [4.78, 5) is 23.8. The summed E-state index contributed by atoms with van der Waals surface area (Å²) in [5.41, 5.74) is 7.74. The van der Waals surface area contributed by atoms with Crippen molar-refractivity contribution in [2.75, 3.05) is 25.6 Å². The number of ether oxygens (including phenoxy) is 1. The van der Waals surface area contributed by atoms with E-state index >= 15 is 0 Å². The van der Waals surface area contributed by atoms with E-state index in [1.54, 1.807) is 25.3 Å². The Morgan fingerprint density at radius 2 is 2.10 bits per heavy atom. The summed E-state index contributed by atoms with van der Waals surface area (Å²) in [7, 11) is 1.56. The van der Waals surface area contributed by atoms with Crippen molar-refractivity contribution in [2.45, 2.75) is 26.3 Å². The lowest BCUT2D eigenvalue weighted by Gasteiger charge is -2.14. The Bertz CT molecular complexity index is 503. The number of anilines is 1. The van der Waals surface area contributed by atoms with Crippen molar-refractivity contribution in [3.63, 3.8) is 0 Å². The monoisotopic (exact) mass is 293 g/mol. The molecule has 0 fully saturated rings. The first-order chi connectivity index (χ1) is 9.99. The number of carbonyl (C=O) groups is 2. The number of hydrogen-bond acceptors (Lipinski definition) is 4. The van der Waals surface area contributed by atoms with Crippen LogP contribution in [0.15, 0.2) is 18.2 Å². The largest absolute Gasteiger partial charge is 0.385 e. The van der Waals surface area contributed by atoms with Crippen molar-refractivity contribution in [3.05, 3.63) is 29.3 Å². The van der Waals surface area contributed by atoms with Gasteiger partial charge in [0.25, 0.3) is 5.91 Å². The van der Waals surface area contributed by atoms with E-state index in [4.69, 9.17) is 10.5 Å². The number of aryl methyl sites for hydroxylation is 1. The topological polar surface area (TPSA) is 93.5 Å². The first kappa shape index (κ1) is 17.1. The van der Waals surface area contributed by atoms with Gasteiger partial charge in [-0.05, 0) is 38.0 Å². The van der Waals surface area contributed by atoms with Crippen LogP contribution in [0.25, 0.3) is 0 Å². The molecule has 1 aromatic carbocycles. The van der Waals surface area contributed by atoms with Crippen molar-refractivity contribution >= 4 is 17.5 Å². The number of carbonyl (C=O) groups excluding carboxylic acids is 2. The molecule has 1 rings (SSSR count). The lowest BCUT2D eigenvalue weighted by molar-refractivity contribution is -0.117. The predicted molar refractivity (Wildman–Crippen MR) is 82.3 cm³/mol. The summed E-state index contributed by atoms with van der Waals surface area (Å²) in [6, 6.07) is 4.53. The van der Waals surface area contributed by atoms with Gasteiger partial charge in [-0.2, -0.15) is 0 Å². The molecule has 0 bridgehead atoms. The molecule has 0 aliphatic heterocycles. The summed E-state index contributed by atoms with van der Waals surface area (Å²) in [5.74, 6) is -0.458. The molecule has 0 aliphatic rings. The minimum absolute atomic E-state index is 0.170. The van der Waals surface area contributed by atoms with Gasteiger partial charge in [0.15, 0.2) is 0 Å². The molecule has 0 radical (unpaired) electrons. The molecule has 2 amide bonds. The SMILES string of the molecule is CCNC(=O)c1ccc(C)c(NC(=O)C(N)CCOC)c1. The Balaban J connectivity index is 2.80. The molecule has 21 heavy (non-hydrogen) atoms. The quantitative estimate of drug-likeness (QED) is 0.700. The van der Waals surface area contributed by atoms with Gasteiger partial charge >= 0.3 is 0 Å². The smallest absolute Gasteiger partial charge is 0.251 e. The minimum atomic E-state index is -0.641. The van der Waals surface area contributed by atoms with E-state index in [0.29, 0.717) is 30.8 Å². The highest BCUT2D eigenvalue weighted by Crippen LogP contribution is 2.17. The summed E-state index contributed by atoms with van der Waals surface area (Å²) < 4.78 is 4.90. The second kappa shape index (κ2) is 8.39. The molecule has 0 saturated heterocycles. The van der Waals surface area contributed by atoms with Crippen LogP contribution in [-0.4, -0.2) is 38.1 Å². The number of methoxy groups -OCH3 is 1. The number of hydrogen-bond donors (Lipinski definition) is 3. The summed E-state index contributed by atoms with van der Waals surface area (Å²) in [6.07, 6.45) is 0.442. The van der Waals surface area contributed by atoms with Crippen LogP contribution in [-0.2, 0) is 9.53 Å². The van der Waals surface area contributed by atoms with Gasteiger partial charge in [-0.1, -0.05) is 6.07 Å². The molecule has 0 heterocycles. The molecule has 0 spiro atoms. The number of nitrogens with two attached hydrogens (primary N) is 1. The average Bonchev–Trinajstić information content (AvgIpc) is 2.47. The van der Waals surface area contributed by atoms with Crippen LogP contribution < -0.4 is 16.4 Å². The highest BCUT2D eigenvalue weighted by Gasteiger charge is 2.15. The molecule has 1 unspecified atom stereocenters. The molecule has 0 aliphatic carbocycles. The van der Waals surface area contributed by atoms with E-state index in [0.717, 1.165) is 5.56 Å². The maximum atomic E-state index is 12.0. The van der Waals surface area contributed by atoms with Crippen LogP contribution in [0.4, 0.5) is 5.69 Å². The fourth-order valence-electron chi connectivity index (χ4n) is 1.76. The lowest BCUT2D eigenvalue weighted by Crippen LogP contribution is -2.36. The third-order valence-corrected chi connectivity index (χ3v) is 3.06. The van der Waals surface area contributed by atoms with Crippen molar-refractivity contribution in [3.8, 4) is 0 Å². The normalized spacial score (nSPS) is 11.8. The zero-order valence-corrected chi connectivity index (χ0v) is 12.7. The maximum Gasteiger partial charge on any atom is 0.251 e. The van der Waals surface area contributed by atoms with Crippen LogP contribution >= 0.6 is 0 Å². The first-order valence-corrected chi connectivity index (χ1v) is 6.93. The Morgan fingerprint density at radius 1 is 1.38 bits per heavy atom. The number of nitrogens with one attached hydrogen (secondary N) is 2. The third-order valence-electron chi connectivity index (χ3n) is 3.06. The van der Waals surface area contributed by atoms with Gasteiger partial charge in [0.2, 0.25) is 5.91 Å². The van der Waals surface area contributed by atoms with E-state index in [1.165, 1.54) is 0 Å². The molecule has 6 heteroatoms. The van der Waals surface area contributed by atoms with Crippen LogP contribution in [0.1, 0.15) is 29.3 Å². The maximum absolute atomic E-state index is 12.0. The minimum Gasteiger partial charge on any atom is -0.385 e. The Kier molecular flexibility index (Phi) is 6.84. The van der Waals surface area contributed by atoms with Crippen LogP contribution in [0.5, 0.6) is 0 Å². The van der Waals surface area contributed by atoms with E-state index in [-0.39, 0.29) is 11.8 Å². The Hall–Kier alpha value is -1.92. The zero-order chi connectivity index (χ0) is 15.8. The first-order valence-electron chi connectivity index (χ1n) is 6.93. The second-order valence-electron chi connectivity index (χ2n) is 4.77. The zero-order valence-electron chi connectivity index (χ0n) is 12.7. The number of amides is 2. The standard InChI is InChI=1S/C15H23N3O3/c1-4-17-14(19)11-6-5-10(2)13(9-11)18-15(20)12(16)7-8-21-3/h5-6,9,12H,4,7-8,16H2,1-3H3,(H,17,19)(H,18,20). The molecule has 6 nitrogen and oxygen atoms in total. The summed E-state index contributed by atoms with van der Waals surface area (Å²) in [6.45, 7) is 4.68. The average molecular weight is 293 g/mol. The van der Waals surface area contributed by atoms with Gasteiger partial charge in [0, 0.05) is 31.5 Å². The van der Waals surface area contributed by atoms with E-state index in [2.05, 4.69) is 10.6 Å². The second-order valence-corrected chi connectivity index (χ2v) is 4.77. The van der Waals surface area contributed by atoms with E-state index < -0.39 is 6.04 Å². The number of rotatable bonds is 7. The van der Waals surface area contributed by atoms with Crippen LogP contribution in [0.3, 0.4) is 0 Å². The molecule has 1 aromatic rings. The van der Waals surface area contributed by atoms with Crippen molar-refractivity contribution in [1.82, 2.24) is 5.32 Å². The van der Waals surface area contributed by atoms with Crippen molar-refractivity contribution in [1.29, 1.82) is 0 Å². The molecule has 0 saturated carbocycles. The van der Waals surface area contributed by atoms with Crippen molar-refractivity contribution < 1.29 is 14.3 Å². The van der Waals surface area contributed by atoms with Crippen molar-refractivity contribution in [2.24, 2.45) is 5.73 Å². The molecule has 116 valence electrons. The predicted octanol–water partition coefficient (Wildman–Crippen LogP) is 1.05. The molecular weight excluding hydrogens is 270 g/mol. The van der Waals surface area contributed by atoms with Crippen LogP contribution in [0.2, 0.25) is 0 Å². The lowest BCUT2D eigenvalue weighted by atomic mass is 10.1. The van der Waals surface area contributed by atoms with E-state index in [1.807, 2.05) is 13.8 Å². The molecule has 0 aromatic heterocycles. The van der Waals surface area contributed by atoms with Gasteiger partial charge in [-0.3, -0.25) is 9.59 Å². The van der Waals surface area contributed by atoms with E-state index in [9.17, 15) is 9.59 Å². The van der Waals surface area contributed by atoms with Gasteiger partial charge in [0.1, 0.15) is 0 Å². The fourth-order valence-corrected chi connectivity index (χ4v) is 1.76. The fraction of sp³-hybridized carbons (Fsp3) is 0.467. The molecule has 1 atom stereocenters.